The van der Waals surface area contributed by atoms with E-state index in [0.29, 0.717) is 23.2 Å². The average molecular weight is 358 g/mol. The van der Waals surface area contributed by atoms with Gasteiger partial charge in [-0.25, -0.2) is 4.39 Å². The first-order valence-corrected chi connectivity index (χ1v) is 7.01. The van der Waals surface area contributed by atoms with E-state index in [-0.39, 0.29) is 11.6 Å². The molecule has 0 radical (unpaired) electrons. The Labute approximate surface area is 129 Å². The van der Waals surface area contributed by atoms with Crippen LogP contribution in [0.5, 0.6) is 5.75 Å². The van der Waals surface area contributed by atoms with Crippen molar-refractivity contribution in [2.45, 2.75) is 13.5 Å². The normalized spacial score (nSPS) is 10.4. The Morgan fingerprint density at radius 3 is 2.85 bits per heavy atom. The molecular weight excluding hydrogens is 347 g/mol. The van der Waals surface area contributed by atoms with Gasteiger partial charge >= 0.3 is 0 Å². The van der Waals surface area contributed by atoms with Crippen molar-refractivity contribution in [2.24, 2.45) is 0 Å². The van der Waals surface area contributed by atoms with Gasteiger partial charge in [0.25, 0.3) is 0 Å². The van der Waals surface area contributed by atoms with Crippen LogP contribution in [0.2, 0.25) is 5.02 Å². The Hall–Kier alpha value is -1.39. The van der Waals surface area contributed by atoms with Gasteiger partial charge in [-0.2, -0.15) is 0 Å². The summed E-state index contributed by atoms with van der Waals surface area (Å²) in [5.74, 6) is -0.0563. The van der Waals surface area contributed by atoms with Gasteiger partial charge in [0.2, 0.25) is 0 Å². The fourth-order valence-electron chi connectivity index (χ4n) is 1.85. The highest BCUT2D eigenvalue weighted by Gasteiger charge is 2.11. The summed E-state index contributed by atoms with van der Waals surface area (Å²) in [4.78, 5) is 11.1. The largest absolute Gasteiger partial charge is 0.488 e. The highest BCUT2D eigenvalue weighted by Crippen LogP contribution is 2.28. The molecule has 20 heavy (non-hydrogen) atoms. The van der Waals surface area contributed by atoms with Gasteiger partial charge in [-0.05, 0) is 30.7 Å². The molecule has 0 saturated carbocycles. The summed E-state index contributed by atoms with van der Waals surface area (Å²) in [6, 6.07) is 8.21. The van der Waals surface area contributed by atoms with E-state index in [1.165, 1.54) is 6.07 Å². The molecule has 5 heteroatoms. The Morgan fingerprint density at radius 2 is 2.15 bits per heavy atom. The summed E-state index contributed by atoms with van der Waals surface area (Å²) >= 11 is 9.03. The number of benzene rings is 2. The molecular formula is C15H11BrClFO2. The second-order valence-corrected chi connectivity index (χ2v) is 5.58. The molecule has 2 nitrogen and oxygen atoms in total. The summed E-state index contributed by atoms with van der Waals surface area (Å²) < 4.78 is 20.1. The molecule has 0 aliphatic carbocycles. The molecule has 104 valence electrons. The molecule has 0 saturated heterocycles. The second kappa shape index (κ2) is 6.37. The van der Waals surface area contributed by atoms with Crippen LogP contribution < -0.4 is 4.74 Å². The molecule has 0 atom stereocenters. The van der Waals surface area contributed by atoms with E-state index in [4.69, 9.17) is 16.3 Å². The lowest BCUT2D eigenvalue weighted by Crippen LogP contribution is -2.02. The van der Waals surface area contributed by atoms with Gasteiger partial charge in [0.15, 0.2) is 6.29 Å². The van der Waals surface area contributed by atoms with Gasteiger partial charge in [0, 0.05) is 10.0 Å². The Morgan fingerprint density at radius 1 is 1.40 bits per heavy atom. The van der Waals surface area contributed by atoms with Crippen LogP contribution >= 0.6 is 27.5 Å². The number of carbonyl (C=O) groups is 1. The SMILES string of the molecule is Cc1cc(Br)cc(C=O)c1OCc1cccc(Cl)c1F. The quantitative estimate of drug-likeness (QED) is 0.724. The predicted molar refractivity (Wildman–Crippen MR) is 80.0 cm³/mol. The molecule has 2 rings (SSSR count). The first-order chi connectivity index (χ1) is 9.52. The smallest absolute Gasteiger partial charge is 0.153 e. The van der Waals surface area contributed by atoms with Crippen LogP contribution in [-0.4, -0.2) is 6.29 Å². The fraction of sp³-hybridized carbons (Fsp3) is 0.133. The summed E-state index contributed by atoms with van der Waals surface area (Å²) in [7, 11) is 0. The van der Waals surface area contributed by atoms with Gasteiger partial charge in [-0.15, -0.1) is 0 Å². The first-order valence-electron chi connectivity index (χ1n) is 5.84. The lowest BCUT2D eigenvalue weighted by Gasteiger charge is -2.12. The van der Waals surface area contributed by atoms with Gasteiger partial charge in [-0.3, -0.25) is 4.79 Å². The molecule has 0 aliphatic heterocycles. The Bertz CT molecular complexity index is 659. The number of hydrogen-bond acceptors (Lipinski definition) is 2. The molecule has 0 aromatic heterocycles. The van der Waals surface area contributed by atoms with Gasteiger partial charge < -0.3 is 4.74 Å². The lowest BCUT2D eigenvalue weighted by molar-refractivity contribution is 0.111. The predicted octanol–water partition coefficient (Wildman–Crippen LogP) is 4.94. The summed E-state index contributed by atoms with van der Waals surface area (Å²) in [6.07, 6.45) is 0.710. The fourth-order valence-corrected chi connectivity index (χ4v) is 2.63. The van der Waals surface area contributed by atoms with E-state index in [9.17, 15) is 9.18 Å². The highest BCUT2D eigenvalue weighted by molar-refractivity contribution is 9.10. The van der Waals surface area contributed by atoms with Gasteiger partial charge in [-0.1, -0.05) is 39.7 Å². The van der Waals surface area contributed by atoms with Crippen LogP contribution in [0.4, 0.5) is 4.39 Å². The zero-order valence-electron chi connectivity index (χ0n) is 10.6. The minimum atomic E-state index is -0.503. The van der Waals surface area contributed by atoms with Crippen molar-refractivity contribution in [3.63, 3.8) is 0 Å². The van der Waals surface area contributed by atoms with Gasteiger partial charge in [0.05, 0.1) is 10.6 Å². The Kier molecular flexibility index (Phi) is 4.78. The highest BCUT2D eigenvalue weighted by atomic mass is 79.9. The lowest BCUT2D eigenvalue weighted by atomic mass is 10.1. The number of aldehydes is 1. The van der Waals surface area contributed by atoms with Crippen molar-refractivity contribution in [3.8, 4) is 5.75 Å². The second-order valence-electron chi connectivity index (χ2n) is 4.26. The number of aryl methyl sites for hydroxylation is 1. The molecule has 0 spiro atoms. The topological polar surface area (TPSA) is 26.3 Å². The van der Waals surface area contributed by atoms with Crippen molar-refractivity contribution in [1.82, 2.24) is 0 Å². The minimum absolute atomic E-state index is 0.00963. The van der Waals surface area contributed by atoms with Crippen LogP contribution in [0.1, 0.15) is 21.5 Å². The van der Waals surface area contributed by atoms with Crippen LogP contribution in [0.25, 0.3) is 0 Å². The average Bonchev–Trinajstić information content (AvgIpc) is 2.41. The summed E-state index contributed by atoms with van der Waals surface area (Å²) in [5, 5.41) is 0.0502. The van der Waals surface area contributed by atoms with E-state index < -0.39 is 5.82 Å². The number of rotatable bonds is 4. The maximum atomic E-state index is 13.8. The van der Waals surface area contributed by atoms with Crippen LogP contribution in [0, 0.1) is 12.7 Å². The maximum Gasteiger partial charge on any atom is 0.153 e. The third kappa shape index (κ3) is 3.19. The molecule has 0 heterocycles. The first kappa shape index (κ1) is 15.0. The zero-order valence-corrected chi connectivity index (χ0v) is 13.0. The minimum Gasteiger partial charge on any atom is -0.488 e. The van der Waals surface area contributed by atoms with Crippen molar-refractivity contribution in [2.75, 3.05) is 0 Å². The number of hydrogen-bond donors (Lipinski definition) is 0. The van der Waals surface area contributed by atoms with E-state index in [0.717, 1.165) is 10.0 Å². The van der Waals surface area contributed by atoms with Crippen molar-refractivity contribution in [1.29, 1.82) is 0 Å². The van der Waals surface area contributed by atoms with Crippen molar-refractivity contribution < 1.29 is 13.9 Å². The zero-order chi connectivity index (χ0) is 14.7. The Balaban J connectivity index is 2.27. The van der Waals surface area contributed by atoms with E-state index >= 15 is 0 Å². The van der Waals surface area contributed by atoms with Crippen LogP contribution in [0.15, 0.2) is 34.8 Å². The molecule has 0 unspecified atom stereocenters. The van der Waals surface area contributed by atoms with Crippen molar-refractivity contribution >= 4 is 33.8 Å². The molecule has 0 N–H and O–H groups in total. The van der Waals surface area contributed by atoms with Gasteiger partial charge in [0.1, 0.15) is 18.2 Å². The standard InChI is InChI=1S/C15H11BrClFO2/c1-9-5-12(16)6-11(7-19)15(9)20-8-10-3-2-4-13(17)14(10)18/h2-7H,8H2,1H3. The van der Waals surface area contributed by atoms with Crippen LogP contribution in [0.3, 0.4) is 0 Å². The van der Waals surface area contributed by atoms with E-state index in [2.05, 4.69) is 15.9 Å². The molecule has 2 aromatic carbocycles. The summed E-state index contributed by atoms with van der Waals surface area (Å²) in [6.45, 7) is 1.83. The monoisotopic (exact) mass is 356 g/mol. The molecule has 0 aliphatic rings. The summed E-state index contributed by atoms with van der Waals surface area (Å²) in [5.41, 5.74) is 1.56. The van der Waals surface area contributed by atoms with E-state index in [1.807, 2.05) is 13.0 Å². The third-order valence-electron chi connectivity index (χ3n) is 2.80. The number of ether oxygens (including phenoxy) is 1. The number of carbonyl (C=O) groups excluding carboxylic acids is 1. The molecule has 0 amide bonds. The third-order valence-corrected chi connectivity index (χ3v) is 3.55. The van der Waals surface area contributed by atoms with Crippen LogP contribution in [-0.2, 0) is 6.61 Å². The number of halogens is 3. The maximum absolute atomic E-state index is 13.8. The molecule has 0 bridgehead atoms. The molecule has 0 fully saturated rings. The molecule has 2 aromatic rings. The van der Waals surface area contributed by atoms with E-state index in [1.54, 1.807) is 18.2 Å². The van der Waals surface area contributed by atoms with Crippen molar-refractivity contribution in [3.05, 3.63) is 62.3 Å².